The highest BCUT2D eigenvalue weighted by atomic mass is 32.2. The van der Waals surface area contributed by atoms with Crippen LogP contribution in [0.5, 0.6) is 0 Å². The predicted octanol–water partition coefficient (Wildman–Crippen LogP) is 4.93. The number of para-hydroxylation sites is 1. The van der Waals surface area contributed by atoms with E-state index in [0.717, 1.165) is 21.7 Å². The van der Waals surface area contributed by atoms with Gasteiger partial charge in [0.15, 0.2) is 0 Å². The van der Waals surface area contributed by atoms with Crippen LogP contribution in [0, 0.1) is 5.82 Å². The molecule has 0 fully saturated rings. The number of sulfonamides is 1. The van der Waals surface area contributed by atoms with Crippen LogP contribution < -0.4 is 9.62 Å². The van der Waals surface area contributed by atoms with Crippen molar-refractivity contribution in [3.63, 3.8) is 0 Å². The van der Waals surface area contributed by atoms with E-state index in [0.29, 0.717) is 6.42 Å². The Balaban J connectivity index is 1.89. The smallest absolute Gasteiger partial charge is 0.243 e. The number of carbonyl (C=O) groups is 2. The second-order valence-corrected chi connectivity index (χ2v) is 12.7. The summed E-state index contributed by atoms with van der Waals surface area (Å²) in [6, 6.07) is 23.8. The first-order valence-corrected chi connectivity index (χ1v) is 15.1. The lowest BCUT2D eigenvalue weighted by atomic mass is 10.00. The van der Waals surface area contributed by atoms with E-state index < -0.39 is 27.4 Å². The molecule has 3 aromatic carbocycles. The van der Waals surface area contributed by atoms with Crippen molar-refractivity contribution in [2.75, 3.05) is 17.1 Å². The zero-order chi connectivity index (χ0) is 29.3. The molecule has 0 aliphatic heterocycles. The lowest BCUT2D eigenvalue weighted by Crippen LogP contribution is -2.54. The van der Waals surface area contributed by atoms with Gasteiger partial charge in [0.1, 0.15) is 11.9 Å². The van der Waals surface area contributed by atoms with Crippen molar-refractivity contribution in [1.82, 2.24) is 10.2 Å². The number of amides is 2. The van der Waals surface area contributed by atoms with Crippen molar-refractivity contribution in [1.29, 1.82) is 0 Å². The van der Waals surface area contributed by atoms with Gasteiger partial charge in [0, 0.05) is 31.5 Å². The zero-order valence-electron chi connectivity index (χ0n) is 23.5. The molecule has 0 heterocycles. The van der Waals surface area contributed by atoms with Crippen molar-refractivity contribution in [3.8, 4) is 0 Å². The molecule has 0 spiro atoms. The van der Waals surface area contributed by atoms with Gasteiger partial charge in [-0.1, -0.05) is 72.8 Å². The Morgan fingerprint density at radius 2 is 1.43 bits per heavy atom. The highest BCUT2D eigenvalue weighted by Gasteiger charge is 2.32. The van der Waals surface area contributed by atoms with Crippen LogP contribution in [0.25, 0.3) is 0 Å². The summed E-state index contributed by atoms with van der Waals surface area (Å²) in [5, 5.41) is 3.02. The first-order chi connectivity index (χ1) is 18.8. The first kappa shape index (κ1) is 30.8. The highest BCUT2D eigenvalue weighted by molar-refractivity contribution is 7.92. The molecule has 0 saturated heterocycles. The van der Waals surface area contributed by atoms with Crippen LogP contribution in [-0.2, 0) is 32.6 Å². The molecule has 214 valence electrons. The lowest BCUT2D eigenvalue weighted by Gasteiger charge is -2.34. The van der Waals surface area contributed by atoms with Crippen molar-refractivity contribution in [3.05, 3.63) is 102 Å². The van der Waals surface area contributed by atoms with Crippen LogP contribution >= 0.6 is 0 Å². The van der Waals surface area contributed by atoms with E-state index in [1.165, 1.54) is 18.2 Å². The van der Waals surface area contributed by atoms with Gasteiger partial charge in [-0.05, 0) is 50.5 Å². The Labute approximate surface area is 237 Å². The Kier molecular flexibility index (Phi) is 10.5. The number of rotatable bonds is 12. The molecule has 0 bridgehead atoms. The van der Waals surface area contributed by atoms with Crippen LogP contribution in [0.3, 0.4) is 0 Å². The third kappa shape index (κ3) is 9.19. The van der Waals surface area contributed by atoms with Gasteiger partial charge in [0.2, 0.25) is 21.8 Å². The quantitative estimate of drug-likeness (QED) is 0.336. The van der Waals surface area contributed by atoms with Crippen LogP contribution in [-0.4, -0.2) is 49.5 Å². The van der Waals surface area contributed by atoms with E-state index in [9.17, 15) is 22.4 Å². The molecule has 3 aromatic rings. The highest BCUT2D eigenvalue weighted by Crippen LogP contribution is 2.23. The van der Waals surface area contributed by atoms with E-state index in [-0.39, 0.29) is 43.4 Å². The average molecular weight is 568 g/mol. The molecule has 1 N–H and O–H groups in total. The lowest BCUT2D eigenvalue weighted by molar-refractivity contribution is -0.142. The summed E-state index contributed by atoms with van der Waals surface area (Å²) in [7, 11) is -3.79. The van der Waals surface area contributed by atoms with E-state index in [2.05, 4.69) is 5.32 Å². The fourth-order valence-electron chi connectivity index (χ4n) is 4.42. The van der Waals surface area contributed by atoms with Crippen LogP contribution in [0.15, 0.2) is 84.9 Å². The van der Waals surface area contributed by atoms with Crippen molar-refractivity contribution in [2.45, 2.75) is 58.2 Å². The minimum absolute atomic E-state index is 0.0264. The minimum Gasteiger partial charge on any atom is -0.350 e. The summed E-state index contributed by atoms with van der Waals surface area (Å²) in [6.07, 6.45) is 1.44. The number of hydrogen-bond donors (Lipinski definition) is 1. The fraction of sp³-hybridized carbons (Fsp3) is 0.355. The van der Waals surface area contributed by atoms with Gasteiger partial charge in [-0.15, -0.1) is 0 Å². The molecular weight excluding hydrogens is 529 g/mol. The van der Waals surface area contributed by atoms with Crippen LogP contribution in [0.2, 0.25) is 0 Å². The Hall–Kier alpha value is -3.72. The molecule has 1 atom stereocenters. The second-order valence-electron chi connectivity index (χ2n) is 10.8. The molecule has 0 aliphatic carbocycles. The Morgan fingerprint density at radius 1 is 0.875 bits per heavy atom. The summed E-state index contributed by atoms with van der Waals surface area (Å²) in [5.74, 6) is -1.23. The Bertz CT molecular complexity index is 1380. The zero-order valence-corrected chi connectivity index (χ0v) is 24.3. The molecule has 0 aliphatic rings. The fourth-order valence-corrected chi connectivity index (χ4v) is 5.39. The summed E-state index contributed by atoms with van der Waals surface area (Å²) in [6.45, 7) is 5.78. The number of carbonyl (C=O) groups excluding carboxylic acids is 2. The molecule has 0 unspecified atom stereocenters. The van der Waals surface area contributed by atoms with E-state index >= 15 is 0 Å². The van der Waals surface area contributed by atoms with Gasteiger partial charge in [-0.3, -0.25) is 13.9 Å². The third-order valence-corrected chi connectivity index (χ3v) is 7.42. The van der Waals surface area contributed by atoms with Gasteiger partial charge >= 0.3 is 0 Å². The third-order valence-electron chi connectivity index (χ3n) is 6.24. The largest absolute Gasteiger partial charge is 0.350 e. The number of benzene rings is 3. The summed E-state index contributed by atoms with van der Waals surface area (Å²) < 4.78 is 40.4. The maximum atomic E-state index is 14.4. The first-order valence-electron chi connectivity index (χ1n) is 13.3. The molecule has 0 saturated carbocycles. The van der Waals surface area contributed by atoms with Crippen LogP contribution in [0.4, 0.5) is 10.1 Å². The topological polar surface area (TPSA) is 86.8 Å². The van der Waals surface area contributed by atoms with Crippen molar-refractivity contribution < 1.29 is 22.4 Å². The minimum atomic E-state index is -3.79. The molecule has 3 rings (SSSR count). The van der Waals surface area contributed by atoms with Gasteiger partial charge in [-0.25, -0.2) is 12.8 Å². The monoisotopic (exact) mass is 567 g/mol. The number of nitrogens with zero attached hydrogens (tertiary/aromatic N) is 2. The number of halogens is 1. The summed E-state index contributed by atoms with van der Waals surface area (Å²) >= 11 is 0. The Morgan fingerprint density at radius 3 is 1.98 bits per heavy atom. The number of hydrogen-bond acceptors (Lipinski definition) is 4. The molecule has 40 heavy (non-hydrogen) atoms. The molecule has 0 radical (unpaired) electrons. The maximum absolute atomic E-state index is 14.4. The van der Waals surface area contributed by atoms with E-state index in [1.54, 1.807) is 11.0 Å². The molecule has 2 amide bonds. The second kappa shape index (κ2) is 13.6. The van der Waals surface area contributed by atoms with Crippen LogP contribution in [0.1, 0.15) is 44.7 Å². The number of anilines is 1. The van der Waals surface area contributed by atoms with E-state index in [1.807, 2.05) is 81.4 Å². The maximum Gasteiger partial charge on any atom is 0.243 e. The predicted molar refractivity (Wildman–Crippen MR) is 157 cm³/mol. The normalized spacial score (nSPS) is 12.4. The van der Waals surface area contributed by atoms with Gasteiger partial charge < -0.3 is 10.2 Å². The summed E-state index contributed by atoms with van der Waals surface area (Å²) in [4.78, 5) is 29.0. The van der Waals surface area contributed by atoms with Gasteiger partial charge in [0.25, 0.3) is 0 Å². The molecule has 9 heteroatoms. The van der Waals surface area contributed by atoms with Crippen molar-refractivity contribution in [2.24, 2.45) is 0 Å². The SMILES string of the molecule is CC(C)(C)NC(=O)[C@@H](Cc1ccccc1)N(Cc1ccccc1)C(=O)CCCN(c1ccccc1F)S(C)(=O)=O. The molecule has 7 nitrogen and oxygen atoms in total. The standard InChI is InChI=1S/C31H38FN3O4S/c1-31(2,3)33-30(37)28(22-24-14-7-5-8-15-24)34(23-25-16-9-6-10-17-25)29(36)20-13-21-35(40(4,38)39)27-19-12-11-18-26(27)32/h5-12,14-19,28H,13,20-23H2,1-4H3,(H,33,37)/t28-/m1/s1. The molecular formula is C31H38FN3O4S. The van der Waals surface area contributed by atoms with Gasteiger partial charge in [0.05, 0.1) is 11.9 Å². The van der Waals surface area contributed by atoms with E-state index in [4.69, 9.17) is 0 Å². The van der Waals surface area contributed by atoms with Gasteiger partial charge in [-0.2, -0.15) is 0 Å². The molecule has 0 aromatic heterocycles. The average Bonchev–Trinajstić information content (AvgIpc) is 2.88. The number of nitrogens with one attached hydrogen (secondary N) is 1. The van der Waals surface area contributed by atoms with Crippen molar-refractivity contribution >= 4 is 27.5 Å². The summed E-state index contributed by atoms with van der Waals surface area (Å²) in [5.41, 5.74) is 1.19.